The van der Waals surface area contributed by atoms with E-state index in [0.717, 1.165) is 55.8 Å². The van der Waals surface area contributed by atoms with Gasteiger partial charge in [-0.1, -0.05) is 12.8 Å². The van der Waals surface area contributed by atoms with Gasteiger partial charge in [0, 0.05) is 37.3 Å². The molecule has 4 rings (SSSR count). The molecule has 0 saturated heterocycles. The van der Waals surface area contributed by atoms with E-state index in [4.69, 9.17) is 4.74 Å². The van der Waals surface area contributed by atoms with Crippen LogP contribution in [0.5, 0.6) is 0 Å². The van der Waals surface area contributed by atoms with Crippen LogP contribution in [0, 0.1) is 11.7 Å². The molecule has 5 nitrogen and oxygen atoms in total. The van der Waals surface area contributed by atoms with Crippen LogP contribution in [0.1, 0.15) is 74.8 Å². The Bertz CT molecular complexity index is 1360. The minimum atomic E-state index is -5.01. The molecule has 2 aliphatic rings. The normalized spacial score (nSPS) is 19.8. The summed E-state index contributed by atoms with van der Waals surface area (Å²) in [4.78, 5) is 12.8. The highest BCUT2D eigenvalue weighted by Gasteiger charge is 2.38. The molecule has 0 radical (unpaired) electrons. The molecule has 0 amide bonds. The zero-order valence-corrected chi connectivity index (χ0v) is 27.3. The summed E-state index contributed by atoms with van der Waals surface area (Å²) < 4.78 is 104. The molecule has 13 heteroatoms. The number of halogens is 7. The van der Waals surface area contributed by atoms with Crippen molar-refractivity contribution in [3.05, 3.63) is 64.5 Å². The molecular formula is C33H41F7N4OS. The number of alkyl halides is 6. The first-order chi connectivity index (χ1) is 21.6. The maximum atomic E-state index is 14.8. The highest BCUT2D eigenvalue weighted by molar-refractivity contribution is 7.98. The summed E-state index contributed by atoms with van der Waals surface area (Å²) in [6.07, 6.45) is -2.01. The van der Waals surface area contributed by atoms with Crippen molar-refractivity contribution < 1.29 is 35.5 Å². The van der Waals surface area contributed by atoms with Gasteiger partial charge in [0.15, 0.2) is 0 Å². The van der Waals surface area contributed by atoms with Crippen LogP contribution in [0.4, 0.5) is 36.4 Å². The van der Waals surface area contributed by atoms with Gasteiger partial charge in [0.05, 0.1) is 30.3 Å². The zero-order valence-electron chi connectivity index (χ0n) is 26.5. The lowest BCUT2D eigenvalue weighted by atomic mass is 9.98. The molecule has 2 aromatic carbocycles. The molecular weight excluding hydrogens is 633 g/mol. The molecule has 1 saturated carbocycles. The Morgan fingerprint density at radius 2 is 1.67 bits per heavy atom. The standard InChI is InChI=1S/C33H41F7N4OS/c1-5-43(18-23-8-6-7-9-23)29-11-10-28(34)16-25(29)19-44(30-41-20-31(3,21-42-30)45-12-13-46-4)22(2)24-14-26(32(35,36)37)17-27(15-24)33(38,39)40/h10-11,14-17,20,22-23H,5-9,12-13,18-19,21H2,1-4H3. The lowest BCUT2D eigenvalue weighted by molar-refractivity contribution is -0.143. The number of anilines is 1. The van der Waals surface area contributed by atoms with Crippen molar-refractivity contribution in [2.45, 2.75) is 77.0 Å². The minimum Gasteiger partial charge on any atom is -0.371 e. The van der Waals surface area contributed by atoms with Crippen molar-refractivity contribution in [2.75, 3.05) is 43.1 Å². The van der Waals surface area contributed by atoms with Crippen LogP contribution in [0.2, 0.25) is 0 Å². The molecule has 1 fully saturated rings. The van der Waals surface area contributed by atoms with Crippen molar-refractivity contribution in [3.8, 4) is 0 Å². The van der Waals surface area contributed by atoms with Crippen molar-refractivity contribution in [1.82, 2.24) is 4.90 Å². The summed E-state index contributed by atoms with van der Waals surface area (Å²) in [5, 5.41) is 0. The molecule has 0 bridgehead atoms. The summed E-state index contributed by atoms with van der Waals surface area (Å²) in [6, 6.07) is 4.91. The van der Waals surface area contributed by atoms with E-state index < -0.39 is 40.9 Å². The van der Waals surface area contributed by atoms with Crippen molar-refractivity contribution in [2.24, 2.45) is 15.9 Å². The van der Waals surface area contributed by atoms with Gasteiger partial charge >= 0.3 is 12.4 Å². The molecule has 0 spiro atoms. The van der Waals surface area contributed by atoms with Crippen molar-refractivity contribution in [1.29, 1.82) is 0 Å². The number of guanidine groups is 1. The molecule has 0 N–H and O–H groups in total. The first-order valence-electron chi connectivity index (χ1n) is 15.5. The van der Waals surface area contributed by atoms with Crippen molar-refractivity contribution in [3.63, 3.8) is 0 Å². The highest BCUT2D eigenvalue weighted by atomic mass is 32.2. The number of thioether (sulfide) groups is 1. The largest absolute Gasteiger partial charge is 0.416 e. The van der Waals surface area contributed by atoms with Crippen LogP contribution in [0.25, 0.3) is 0 Å². The van der Waals surface area contributed by atoms with Crippen LogP contribution in [0.15, 0.2) is 46.4 Å². The molecule has 1 heterocycles. The van der Waals surface area contributed by atoms with Crippen LogP contribution < -0.4 is 4.90 Å². The molecule has 254 valence electrons. The Labute approximate surface area is 270 Å². The molecule has 1 aliphatic heterocycles. The van der Waals surface area contributed by atoms with Gasteiger partial charge in [-0.15, -0.1) is 0 Å². The van der Waals surface area contributed by atoms with E-state index in [0.29, 0.717) is 24.6 Å². The highest BCUT2D eigenvalue weighted by Crippen LogP contribution is 2.39. The maximum absolute atomic E-state index is 14.8. The van der Waals surface area contributed by atoms with Gasteiger partial charge in [-0.05, 0) is 93.3 Å². The number of rotatable bonds is 12. The van der Waals surface area contributed by atoms with E-state index in [2.05, 4.69) is 14.9 Å². The Balaban J connectivity index is 1.77. The summed E-state index contributed by atoms with van der Waals surface area (Å²) in [6.45, 7) is 7.23. The van der Waals surface area contributed by atoms with Gasteiger partial charge in [-0.25, -0.2) is 14.4 Å². The first kappa shape index (κ1) is 36.0. The topological polar surface area (TPSA) is 40.4 Å². The van der Waals surface area contributed by atoms with Crippen LogP contribution in [-0.2, 0) is 23.6 Å². The lowest BCUT2D eigenvalue weighted by Gasteiger charge is -2.36. The van der Waals surface area contributed by atoms with Crippen LogP contribution >= 0.6 is 11.8 Å². The van der Waals surface area contributed by atoms with Crippen molar-refractivity contribution >= 4 is 29.6 Å². The maximum Gasteiger partial charge on any atom is 0.416 e. The second-order valence-corrected chi connectivity index (χ2v) is 13.1. The number of hydrogen-bond donors (Lipinski definition) is 0. The zero-order chi connectivity index (χ0) is 33.7. The molecule has 2 unspecified atom stereocenters. The monoisotopic (exact) mass is 674 g/mol. The van der Waals surface area contributed by atoms with E-state index in [-0.39, 0.29) is 30.7 Å². The summed E-state index contributed by atoms with van der Waals surface area (Å²) in [5.74, 6) is 0.830. The van der Waals surface area contributed by atoms with E-state index in [9.17, 15) is 30.7 Å². The van der Waals surface area contributed by atoms with E-state index in [1.807, 2.05) is 13.2 Å². The third-order valence-corrected chi connectivity index (χ3v) is 9.16. The quantitative estimate of drug-likeness (QED) is 0.167. The number of nitrogens with zero attached hydrogens (tertiary/aromatic N) is 4. The second kappa shape index (κ2) is 15.0. The van der Waals surface area contributed by atoms with Gasteiger partial charge in [0.2, 0.25) is 5.96 Å². The molecule has 2 atom stereocenters. The Morgan fingerprint density at radius 3 is 2.22 bits per heavy atom. The number of hydrogen-bond acceptors (Lipinski definition) is 6. The Hall–Kier alpha value is -2.80. The Morgan fingerprint density at radius 1 is 1.02 bits per heavy atom. The minimum absolute atomic E-state index is 0.0623. The van der Waals surface area contributed by atoms with Gasteiger partial charge in [-0.3, -0.25) is 0 Å². The molecule has 1 aliphatic carbocycles. The fraction of sp³-hybridized carbons (Fsp3) is 0.576. The lowest BCUT2D eigenvalue weighted by Crippen LogP contribution is -2.42. The summed E-state index contributed by atoms with van der Waals surface area (Å²) >= 11 is 1.61. The third kappa shape index (κ3) is 9.17. The van der Waals surface area contributed by atoms with Crippen LogP contribution in [0.3, 0.4) is 0 Å². The average molecular weight is 675 g/mol. The van der Waals surface area contributed by atoms with E-state index >= 15 is 0 Å². The molecule has 2 aromatic rings. The van der Waals surface area contributed by atoms with E-state index in [1.165, 1.54) is 24.0 Å². The average Bonchev–Trinajstić information content (AvgIpc) is 3.51. The van der Waals surface area contributed by atoms with Crippen LogP contribution in [-0.4, -0.2) is 60.9 Å². The number of benzene rings is 2. The fourth-order valence-corrected chi connectivity index (χ4v) is 6.22. The predicted molar refractivity (Wildman–Crippen MR) is 170 cm³/mol. The fourth-order valence-electron chi connectivity index (χ4n) is 5.97. The second-order valence-electron chi connectivity index (χ2n) is 12.1. The summed E-state index contributed by atoms with van der Waals surface area (Å²) in [5.41, 5.74) is -2.60. The number of aliphatic imine (C=N–C) groups is 2. The summed E-state index contributed by atoms with van der Waals surface area (Å²) in [7, 11) is 0. The smallest absolute Gasteiger partial charge is 0.371 e. The SMILES string of the molecule is CCN(CC1CCCC1)c1ccc(F)cc1CN(C1=NCC(C)(OCCSC)C=N1)C(C)c1cc(C(F)(F)F)cc(C(F)(F)F)c1. The van der Waals surface area contributed by atoms with Gasteiger partial charge in [0.25, 0.3) is 0 Å². The van der Waals surface area contributed by atoms with E-state index in [1.54, 1.807) is 31.0 Å². The van der Waals surface area contributed by atoms with Gasteiger partial charge in [-0.2, -0.15) is 38.1 Å². The molecule has 46 heavy (non-hydrogen) atoms. The Kier molecular flexibility index (Phi) is 11.7. The third-order valence-electron chi connectivity index (χ3n) is 8.58. The van der Waals surface area contributed by atoms with Gasteiger partial charge < -0.3 is 14.5 Å². The first-order valence-corrected chi connectivity index (χ1v) is 16.8. The number of ether oxygens (including phenoxy) is 1. The predicted octanol–water partition coefficient (Wildman–Crippen LogP) is 9.02. The molecule has 0 aromatic heterocycles. The van der Waals surface area contributed by atoms with Gasteiger partial charge in [0.1, 0.15) is 11.4 Å².